The van der Waals surface area contributed by atoms with Crippen molar-refractivity contribution in [3.8, 4) is 5.75 Å². The zero-order valence-electron chi connectivity index (χ0n) is 13.7. The van der Waals surface area contributed by atoms with Gasteiger partial charge in [-0.1, -0.05) is 0 Å². The summed E-state index contributed by atoms with van der Waals surface area (Å²) in [5, 5.41) is 0. The normalized spacial score (nSPS) is 15.2. The van der Waals surface area contributed by atoms with Gasteiger partial charge in [-0.3, -0.25) is 9.59 Å². The smallest absolute Gasteiger partial charge is 0.223 e. The number of amides is 1. The van der Waals surface area contributed by atoms with Gasteiger partial charge in [-0.05, 0) is 56.9 Å². The van der Waals surface area contributed by atoms with E-state index >= 15 is 0 Å². The third kappa shape index (κ3) is 4.33. The molecule has 1 unspecified atom stereocenters. The number of hydrogen-bond acceptors (Lipinski definition) is 3. The average Bonchev–Trinajstić information content (AvgIpc) is 3.36. The van der Waals surface area contributed by atoms with E-state index in [4.69, 9.17) is 4.74 Å². The Morgan fingerprint density at radius 2 is 1.86 bits per heavy atom. The number of carbonyl (C=O) groups excluding carboxylic acids is 2. The summed E-state index contributed by atoms with van der Waals surface area (Å²) in [6, 6.07) is 7.38. The Morgan fingerprint density at radius 3 is 2.41 bits per heavy atom. The monoisotopic (exact) mass is 303 g/mol. The highest BCUT2D eigenvalue weighted by Gasteiger charge is 2.32. The Labute approximate surface area is 132 Å². The van der Waals surface area contributed by atoms with E-state index in [9.17, 15) is 9.59 Å². The molecule has 1 amide bonds. The van der Waals surface area contributed by atoms with Crippen LogP contribution in [0.2, 0.25) is 0 Å². The van der Waals surface area contributed by atoms with E-state index in [1.54, 1.807) is 29.2 Å². The summed E-state index contributed by atoms with van der Waals surface area (Å²) in [5.41, 5.74) is 0.633. The van der Waals surface area contributed by atoms with Gasteiger partial charge < -0.3 is 9.64 Å². The first-order chi connectivity index (χ1) is 10.5. The molecule has 0 aromatic heterocycles. The highest BCUT2D eigenvalue weighted by molar-refractivity contribution is 5.98. The van der Waals surface area contributed by atoms with E-state index < -0.39 is 0 Å². The van der Waals surface area contributed by atoms with Crippen LogP contribution in [-0.2, 0) is 4.79 Å². The largest absolute Gasteiger partial charge is 0.494 e. The SMILES string of the molecule is CCOc1ccc(C(=O)CCC(=O)N(C)C(C)C2CC2)cc1. The van der Waals surface area contributed by atoms with E-state index in [1.807, 2.05) is 14.0 Å². The van der Waals surface area contributed by atoms with Crippen molar-refractivity contribution in [3.05, 3.63) is 29.8 Å². The molecule has 1 saturated carbocycles. The second kappa shape index (κ2) is 7.43. The van der Waals surface area contributed by atoms with Gasteiger partial charge in [-0.25, -0.2) is 0 Å². The standard InChI is InChI=1S/C18H25NO3/c1-4-22-16-9-7-15(8-10-16)17(20)11-12-18(21)19(3)13(2)14-5-6-14/h7-10,13-14H,4-6,11-12H2,1-3H3. The van der Waals surface area contributed by atoms with Crippen molar-refractivity contribution in [1.82, 2.24) is 4.90 Å². The summed E-state index contributed by atoms with van der Waals surface area (Å²) >= 11 is 0. The van der Waals surface area contributed by atoms with Crippen molar-refractivity contribution in [2.24, 2.45) is 5.92 Å². The van der Waals surface area contributed by atoms with Crippen LogP contribution in [0.3, 0.4) is 0 Å². The van der Waals surface area contributed by atoms with Crippen molar-refractivity contribution in [2.45, 2.75) is 45.6 Å². The van der Waals surface area contributed by atoms with Crippen LogP contribution in [0.15, 0.2) is 24.3 Å². The number of benzene rings is 1. The van der Waals surface area contributed by atoms with Crippen LogP contribution in [0.5, 0.6) is 5.75 Å². The van der Waals surface area contributed by atoms with Gasteiger partial charge >= 0.3 is 0 Å². The third-order valence-corrected chi connectivity index (χ3v) is 4.36. The molecular formula is C18H25NO3. The maximum Gasteiger partial charge on any atom is 0.223 e. The lowest BCUT2D eigenvalue weighted by Gasteiger charge is -2.24. The second-order valence-corrected chi connectivity index (χ2v) is 5.96. The Bertz CT molecular complexity index is 520. The fourth-order valence-corrected chi connectivity index (χ4v) is 2.57. The van der Waals surface area contributed by atoms with Crippen molar-refractivity contribution >= 4 is 11.7 Å². The lowest BCUT2D eigenvalue weighted by Crippen LogP contribution is -2.36. The Kier molecular flexibility index (Phi) is 5.58. The highest BCUT2D eigenvalue weighted by Crippen LogP contribution is 2.34. The number of ketones is 1. The zero-order chi connectivity index (χ0) is 16.1. The predicted octanol–water partition coefficient (Wildman–Crippen LogP) is 3.31. The van der Waals surface area contributed by atoms with Crippen LogP contribution in [0.1, 0.15) is 49.9 Å². The molecule has 0 radical (unpaired) electrons. The zero-order valence-corrected chi connectivity index (χ0v) is 13.7. The van der Waals surface area contributed by atoms with Crippen LogP contribution in [-0.4, -0.2) is 36.3 Å². The molecule has 2 rings (SSSR count). The molecule has 22 heavy (non-hydrogen) atoms. The van der Waals surface area contributed by atoms with E-state index in [-0.39, 0.29) is 30.6 Å². The summed E-state index contributed by atoms with van der Waals surface area (Å²) in [6.45, 7) is 4.61. The van der Waals surface area contributed by atoms with E-state index in [0.29, 0.717) is 18.1 Å². The van der Waals surface area contributed by atoms with Gasteiger partial charge in [0.1, 0.15) is 5.75 Å². The molecule has 0 heterocycles. The van der Waals surface area contributed by atoms with Crippen molar-refractivity contribution in [3.63, 3.8) is 0 Å². The topological polar surface area (TPSA) is 46.6 Å². The molecule has 0 bridgehead atoms. The van der Waals surface area contributed by atoms with Crippen LogP contribution >= 0.6 is 0 Å². The summed E-state index contributed by atoms with van der Waals surface area (Å²) in [5.74, 6) is 1.46. The fourth-order valence-electron chi connectivity index (χ4n) is 2.57. The van der Waals surface area contributed by atoms with Crippen molar-refractivity contribution < 1.29 is 14.3 Å². The van der Waals surface area contributed by atoms with Gasteiger partial charge in [-0.2, -0.15) is 0 Å². The molecule has 4 heteroatoms. The molecule has 1 atom stereocenters. The molecule has 1 aromatic rings. The minimum atomic E-state index is 0.00359. The first kappa shape index (κ1) is 16.5. The molecule has 1 fully saturated rings. The molecule has 120 valence electrons. The summed E-state index contributed by atoms with van der Waals surface area (Å²) in [7, 11) is 1.84. The summed E-state index contributed by atoms with van der Waals surface area (Å²) in [4.78, 5) is 26.1. The number of ether oxygens (including phenoxy) is 1. The Hall–Kier alpha value is -1.84. The fraction of sp³-hybridized carbons (Fsp3) is 0.556. The molecule has 1 aliphatic carbocycles. The van der Waals surface area contributed by atoms with Gasteiger partial charge in [0.25, 0.3) is 0 Å². The molecule has 1 aromatic carbocycles. The minimum Gasteiger partial charge on any atom is -0.494 e. The van der Waals surface area contributed by atoms with E-state index in [2.05, 4.69) is 6.92 Å². The predicted molar refractivity (Wildman–Crippen MR) is 86.1 cm³/mol. The Balaban J connectivity index is 1.82. The Morgan fingerprint density at radius 1 is 1.23 bits per heavy atom. The van der Waals surface area contributed by atoms with Gasteiger partial charge in [0.2, 0.25) is 5.91 Å². The van der Waals surface area contributed by atoms with Gasteiger partial charge in [-0.15, -0.1) is 0 Å². The highest BCUT2D eigenvalue weighted by atomic mass is 16.5. The number of rotatable bonds is 8. The number of carbonyl (C=O) groups is 2. The summed E-state index contributed by atoms with van der Waals surface area (Å²) in [6.07, 6.45) is 2.96. The quantitative estimate of drug-likeness (QED) is 0.692. The van der Waals surface area contributed by atoms with Gasteiger partial charge in [0, 0.05) is 31.5 Å². The number of hydrogen-bond donors (Lipinski definition) is 0. The maximum atomic E-state index is 12.1. The lowest BCUT2D eigenvalue weighted by atomic mass is 10.1. The molecular weight excluding hydrogens is 278 g/mol. The lowest BCUT2D eigenvalue weighted by molar-refractivity contribution is -0.132. The van der Waals surface area contributed by atoms with Gasteiger partial charge in [0.15, 0.2) is 5.78 Å². The maximum absolute atomic E-state index is 12.1. The van der Waals surface area contributed by atoms with Crippen LogP contribution in [0, 0.1) is 5.92 Å². The van der Waals surface area contributed by atoms with Crippen LogP contribution < -0.4 is 4.74 Å². The van der Waals surface area contributed by atoms with Crippen molar-refractivity contribution in [2.75, 3.05) is 13.7 Å². The average molecular weight is 303 g/mol. The van der Waals surface area contributed by atoms with Crippen LogP contribution in [0.25, 0.3) is 0 Å². The molecule has 0 spiro atoms. The van der Waals surface area contributed by atoms with Gasteiger partial charge in [0.05, 0.1) is 6.61 Å². The van der Waals surface area contributed by atoms with E-state index in [1.165, 1.54) is 12.8 Å². The number of Topliss-reactive ketones (excluding diaryl/α,β-unsaturated/α-hetero) is 1. The number of nitrogens with zero attached hydrogens (tertiary/aromatic N) is 1. The first-order valence-corrected chi connectivity index (χ1v) is 8.04. The van der Waals surface area contributed by atoms with E-state index in [0.717, 1.165) is 5.75 Å². The van der Waals surface area contributed by atoms with Crippen LogP contribution in [0.4, 0.5) is 0 Å². The summed E-state index contributed by atoms with van der Waals surface area (Å²) < 4.78 is 5.35. The first-order valence-electron chi connectivity index (χ1n) is 8.04. The molecule has 4 nitrogen and oxygen atoms in total. The third-order valence-electron chi connectivity index (χ3n) is 4.36. The molecule has 0 saturated heterocycles. The molecule has 1 aliphatic rings. The van der Waals surface area contributed by atoms with Crippen molar-refractivity contribution in [1.29, 1.82) is 0 Å². The molecule has 0 N–H and O–H groups in total. The minimum absolute atomic E-state index is 0.00359. The molecule has 0 aliphatic heterocycles. The second-order valence-electron chi connectivity index (χ2n) is 5.96.